The van der Waals surface area contributed by atoms with Crippen molar-refractivity contribution in [1.29, 1.82) is 0 Å². The van der Waals surface area contributed by atoms with Gasteiger partial charge in [0.1, 0.15) is 0 Å². The van der Waals surface area contributed by atoms with Crippen LogP contribution in [0.3, 0.4) is 0 Å². The van der Waals surface area contributed by atoms with Crippen LogP contribution in [0.25, 0.3) is 0 Å². The molecule has 2 N–H and O–H groups in total. The quantitative estimate of drug-likeness (QED) is 0.793. The zero-order valence-corrected chi connectivity index (χ0v) is 9.71. The maximum absolute atomic E-state index is 4.46. The predicted molar refractivity (Wildman–Crippen MR) is 64.9 cm³/mol. The Balaban J connectivity index is 1.71. The third kappa shape index (κ3) is 1.94. The fourth-order valence-corrected chi connectivity index (χ4v) is 2.83. The van der Waals surface area contributed by atoms with Crippen molar-refractivity contribution in [2.45, 2.75) is 31.6 Å². The van der Waals surface area contributed by atoms with Crippen LogP contribution in [0.15, 0.2) is 6.07 Å². The van der Waals surface area contributed by atoms with Crippen LogP contribution >= 0.6 is 0 Å². The van der Waals surface area contributed by atoms with Gasteiger partial charge < -0.3 is 10.2 Å². The Labute approximate surface area is 96.4 Å². The lowest BCUT2D eigenvalue weighted by Crippen LogP contribution is -2.43. The highest BCUT2D eigenvalue weighted by molar-refractivity contribution is 5.40. The summed E-state index contributed by atoms with van der Waals surface area (Å²) in [6, 6.07) is 2.27. The van der Waals surface area contributed by atoms with E-state index in [9.17, 15) is 0 Å². The minimum Gasteiger partial charge on any atom is -0.353 e. The van der Waals surface area contributed by atoms with E-state index < -0.39 is 0 Å². The number of aromatic nitrogens is 2. The van der Waals surface area contributed by atoms with Gasteiger partial charge in [0.25, 0.3) is 0 Å². The Hall–Kier alpha value is -1.03. The topological polar surface area (TPSA) is 44.0 Å². The van der Waals surface area contributed by atoms with Crippen molar-refractivity contribution in [3.63, 3.8) is 0 Å². The summed E-state index contributed by atoms with van der Waals surface area (Å²) in [6.07, 6.45) is 5.44. The van der Waals surface area contributed by atoms with E-state index in [4.69, 9.17) is 0 Å². The fourth-order valence-electron chi connectivity index (χ4n) is 2.83. The summed E-state index contributed by atoms with van der Waals surface area (Å²) in [5.41, 5.74) is 1.35. The highest BCUT2D eigenvalue weighted by Gasteiger charge is 2.21. The summed E-state index contributed by atoms with van der Waals surface area (Å²) >= 11 is 0. The van der Waals surface area contributed by atoms with Crippen LogP contribution in [0.5, 0.6) is 0 Å². The molecular weight excluding hydrogens is 200 g/mol. The van der Waals surface area contributed by atoms with Gasteiger partial charge >= 0.3 is 0 Å². The number of hydrogen-bond acceptors (Lipinski definition) is 3. The number of nitrogens with one attached hydrogen (secondary N) is 2. The van der Waals surface area contributed by atoms with E-state index in [2.05, 4.69) is 26.5 Å². The van der Waals surface area contributed by atoms with Crippen LogP contribution in [0.4, 0.5) is 5.82 Å². The van der Waals surface area contributed by atoms with Gasteiger partial charge in [0, 0.05) is 43.9 Å². The van der Waals surface area contributed by atoms with E-state index in [1.807, 2.05) is 0 Å². The first-order valence-electron chi connectivity index (χ1n) is 6.44. The number of hydrogen-bond donors (Lipinski definition) is 2. The molecule has 2 heterocycles. The van der Waals surface area contributed by atoms with Gasteiger partial charge in [-0.3, -0.25) is 5.10 Å². The van der Waals surface area contributed by atoms with Gasteiger partial charge in [-0.15, -0.1) is 0 Å². The first-order valence-corrected chi connectivity index (χ1v) is 6.44. The average molecular weight is 220 g/mol. The van der Waals surface area contributed by atoms with Crippen LogP contribution in [0.2, 0.25) is 0 Å². The van der Waals surface area contributed by atoms with Crippen molar-refractivity contribution in [2.75, 3.05) is 31.1 Å². The highest BCUT2D eigenvalue weighted by atomic mass is 15.3. The second kappa shape index (κ2) is 4.45. The van der Waals surface area contributed by atoms with Crippen molar-refractivity contribution >= 4 is 5.82 Å². The third-order valence-corrected chi connectivity index (χ3v) is 3.82. The molecule has 88 valence electrons. The van der Waals surface area contributed by atoms with E-state index in [1.54, 1.807) is 0 Å². The van der Waals surface area contributed by atoms with E-state index in [0.717, 1.165) is 37.9 Å². The zero-order valence-electron chi connectivity index (χ0n) is 9.71. The summed E-state index contributed by atoms with van der Waals surface area (Å²) in [6.45, 7) is 4.31. The molecule has 2 fully saturated rings. The third-order valence-electron chi connectivity index (χ3n) is 3.82. The highest BCUT2D eigenvalue weighted by Crippen LogP contribution is 2.34. The molecule has 1 aromatic rings. The van der Waals surface area contributed by atoms with E-state index in [-0.39, 0.29) is 0 Å². The lowest BCUT2D eigenvalue weighted by molar-refractivity contribution is 0.584. The first kappa shape index (κ1) is 10.1. The second-order valence-corrected chi connectivity index (χ2v) is 4.90. The summed E-state index contributed by atoms with van der Waals surface area (Å²) in [5, 5.41) is 11.1. The van der Waals surface area contributed by atoms with Crippen molar-refractivity contribution in [2.24, 2.45) is 0 Å². The van der Waals surface area contributed by atoms with Crippen molar-refractivity contribution < 1.29 is 0 Å². The predicted octanol–water partition coefficient (Wildman–Crippen LogP) is 1.48. The largest absolute Gasteiger partial charge is 0.353 e. The van der Waals surface area contributed by atoms with Gasteiger partial charge in [-0.1, -0.05) is 12.8 Å². The number of anilines is 1. The molecule has 0 amide bonds. The zero-order chi connectivity index (χ0) is 10.8. The van der Waals surface area contributed by atoms with Gasteiger partial charge in [-0.05, 0) is 12.8 Å². The maximum Gasteiger partial charge on any atom is 0.150 e. The molecule has 0 aromatic carbocycles. The van der Waals surface area contributed by atoms with Gasteiger partial charge in [-0.2, -0.15) is 5.10 Å². The smallest absolute Gasteiger partial charge is 0.150 e. The molecule has 1 saturated carbocycles. The molecular formula is C12H20N4. The second-order valence-electron chi connectivity index (χ2n) is 4.90. The molecule has 0 radical (unpaired) electrons. The summed E-state index contributed by atoms with van der Waals surface area (Å²) in [5.74, 6) is 1.88. The maximum atomic E-state index is 4.46. The molecule has 1 saturated heterocycles. The number of aromatic amines is 1. The van der Waals surface area contributed by atoms with Crippen LogP contribution < -0.4 is 10.2 Å². The molecule has 16 heavy (non-hydrogen) atoms. The van der Waals surface area contributed by atoms with Gasteiger partial charge in [0.05, 0.1) is 0 Å². The summed E-state index contributed by atoms with van der Waals surface area (Å²) in [7, 11) is 0. The molecule has 0 atom stereocenters. The standard InChI is InChI=1S/C12H20N4/c1-2-4-10(3-1)11-9-12(15-14-11)16-7-5-13-6-8-16/h9-10,13H,1-8H2,(H,14,15). The molecule has 1 aliphatic heterocycles. The normalized spacial score (nSPS) is 22.9. The van der Waals surface area contributed by atoms with Crippen molar-refractivity contribution in [3.8, 4) is 0 Å². The molecule has 2 aliphatic rings. The number of nitrogens with zero attached hydrogens (tertiary/aromatic N) is 2. The van der Waals surface area contributed by atoms with E-state index in [1.165, 1.54) is 31.4 Å². The molecule has 1 aromatic heterocycles. The first-order chi connectivity index (χ1) is 7.93. The molecule has 0 spiro atoms. The Morgan fingerprint density at radius 3 is 2.69 bits per heavy atom. The minimum atomic E-state index is 0.740. The lowest BCUT2D eigenvalue weighted by atomic mass is 10.0. The molecule has 3 rings (SSSR count). The molecule has 1 aliphatic carbocycles. The van der Waals surface area contributed by atoms with Gasteiger partial charge in [0.15, 0.2) is 5.82 Å². The van der Waals surface area contributed by atoms with E-state index in [0.29, 0.717) is 0 Å². The summed E-state index contributed by atoms with van der Waals surface area (Å²) < 4.78 is 0. The molecule has 4 nitrogen and oxygen atoms in total. The lowest BCUT2D eigenvalue weighted by Gasteiger charge is -2.26. The van der Waals surface area contributed by atoms with Crippen LogP contribution in [-0.4, -0.2) is 36.4 Å². The molecule has 4 heteroatoms. The Morgan fingerprint density at radius 1 is 1.19 bits per heavy atom. The number of piperazine rings is 1. The Bertz CT molecular complexity index is 335. The SMILES string of the molecule is c1c(N2CCNCC2)n[nH]c1C1CCCC1. The molecule has 0 bridgehead atoms. The van der Waals surface area contributed by atoms with Crippen LogP contribution in [-0.2, 0) is 0 Å². The van der Waals surface area contributed by atoms with Gasteiger partial charge in [0.2, 0.25) is 0 Å². The van der Waals surface area contributed by atoms with Crippen molar-refractivity contribution in [1.82, 2.24) is 15.5 Å². The number of rotatable bonds is 2. The van der Waals surface area contributed by atoms with Gasteiger partial charge in [-0.25, -0.2) is 0 Å². The molecule has 0 unspecified atom stereocenters. The minimum absolute atomic E-state index is 0.740. The average Bonchev–Trinajstić information content (AvgIpc) is 3.01. The fraction of sp³-hybridized carbons (Fsp3) is 0.750. The van der Waals surface area contributed by atoms with Crippen LogP contribution in [0, 0.1) is 0 Å². The monoisotopic (exact) mass is 220 g/mol. The van der Waals surface area contributed by atoms with Crippen molar-refractivity contribution in [3.05, 3.63) is 11.8 Å². The Kier molecular flexibility index (Phi) is 2.82. The summed E-state index contributed by atoms with van der Waals surface area (Å²) in [4.78, 5) is 2.37. The van der Waals surface area contributed by atoms with Crippen LogP contribution in [0.1, 0.15) is 37.3 Å². The van der Waals surface area contributed by atoms with E-state index >= 15 is 0 Å². The Morgan fingerprint density at radius 2 is 1.94 bits per heavy atom. The number of H-pyrrole nitrogens is 1.